The lowest BCUT2D eigenvalue weighted by Gasteiger charge is -2.22. The van der Waals surface area contributed by atoms with E-state index in [-0.39, 0.29) is 0 Å². The lowest BCUT2D eigenvalue weighted by atomic mass is 9.97. The lowest BCUT2D eigenvalue weighted by molar-refractivity contribution is 0.284. The third-order valence-electron chi connectivity index (χ3n) is 4.10. The Labute approximate surface area is 123 Å². The normalized spacial score (nSPS) is 15.5. The van der Waals surface area contributed by atoms with Gasteiger partial charge in [0.25, 0.3) is 0 Å². The summed E-state index contributed by atoms with van der Waals surface area (Å²) >= 11 is 0. The fourth-order valence-corrected chi connectivity index (χ4v) is 3.03. The molecule has 2 nitrogen and oxygen atoms in total. The number of hydrogen-bond acceptors (Lipinski definition) is 2. The number of fused-ring (bicyclic) bond motifs is 1. The third-order valence-corrected chi connectivity index (χ3v) is 4.10. The van der Waals surface area contributed by atoms with Crippen LogP contribution in [0.2, 0.25) is 0 Å². The summed E-state index contributed by atoms with van der Waals surface area (Å²) in [6.45, 7) is 6.52. The maximum absolute atomic E-state index is 5.91. The number of nitrogens with one attached hydrogen (secondary N) is 1. The Kier molecular flexibility index (Phi) is 6.38. The first kappa shape index (κ1) is 15.4. The third kappa shape index (κ3) is 4.24. The van der Waals surface area contributed by atoms with Crippen LogP contribution in [-0.4, -0.2) is 19.2 Å². The molecular formula is C18H29NO. The first-order chi connectivity index (χ1) is 9.85. The first-order valence-electron chi connectivity index (χ1n) is 8.32. The van der Waals surface area contributed by atoms with Crippen LogP contribution in [0.15, 0.2) is 18.2 Å². The Morgan fingerprint density at radius 1 is 1.20 bits per heavy atom. The van der Waals surface area contributed by atoms with Gasteiger partial charge in [0, 0.05) is 6.04 Å². The Morgan fingerprint density at radius 3 is 2.90 bits per heavy atom. The van der Waals surface area contributed by atoms with Crippen molar-refractivity contribution in [2.75, 3.05) is 13.2 Å². The molecule has 0 saturated heterocycles. The Hall–Kier alpha value is -1.02. The van der Waals surface area contributed by atoms with Gasteiger partial charge >= 0.3 is 0 Å². The maximum Gasteiger partial charge on any atom is 0.125 e. The average Bonchev–Trinajstić information content (AvgIpc) is 2.50. The number of para-hydroxylation sites is 1. The van der Waals surface area contributed by atoms with Gasteiger partial charge in [-0.15, -0.1) is 0 Å². The molecule has 2 heteroatoms. The van der Waals surface area contributed by atoms with E-state index in [9.17, 15) is 0 Å². The molecule has 1 aromatic carbocycles. The van der Waals surface area contributed by atoms with Crippen molar-refractivity contribution in [2.24, 2.45) is 0 Å². The molecule has 0 fully saturated rings. The summed E-state index contributed by atoms with van der Waals surface area (Å²) in [5.74, 6) is 1.18. The Morgan fingerprint density at radius 2 is 2.10 bits per heavy atom. The molecule has 0 saturated carbocycles. The maximum atomic E-state index is 5.91. The van der Waals surface area contributed by atoms with E-state index in [1.54, 1.807) is 0 Å². The molecule has 0 radical (unpaired) electrons. The second-order valence-electron chi connectivity index (χ2n) is 5.84. The molecule has 0 aliphatic carbocycles. The van der Waals surface area contributed by atoms with E-state index in [0.29, 0.717) is 6.04 Å². The summed E-state index contributed by atoms with van der Waals surface area (Å²) in [4.78, 5) is 0. The van der Waals surface area contributed by atoms with E-state index in [0.717, 1.165) is 26.0 Å². The van der Waals surface area contributed by atoms with Gasteiger partial charge in [0.15, 0.2) is 0 Å². The molecule has 1 heterocycles. The highest BCUT2D eigenvalue weighted by Gasteiger charge is 2.15. The van der Waals surface area contributed by atoms with E-state index in [2.05, 4.69) is 37.4 Å². The lowest BCUT2D eigenvalue weighted by Crippen LogP contribution is -2.30. The topological polar surface area (TPSA) is 21.3 Å². The quantitative estimate of drug-likeness (QED) is 0.771. The summed E-state index contributed by atoms with van der Waals surface area (Å²) in [5.41, 5.74) is 2.81. The van der Waals surface area contributed by atoms with Gasteiger partial charge in [-0.05, 0) is 56.2 Å². The van der Waals surface area contributed by atoms with E-state index in [1.165, 1.54) is 49.0 Å². The molecule has 1 aliphatic heterocycles. The monoisotopic (exact) mass is 275 g/mol. The fraction of sp³-hybridized carbons (Fsp3) is 0.667. The van der Waals surface area contributed by atoms with Crippen molar-refractivity contribution in [1.29, 1.82) is 0 Å². The summed E-state index contributed by atoms with van der Waals surface area (Å²) in [5, 5.41) is 3.68. The van der Waals surface area contributed by atoms with Gasteiger partial charge in [-0.2, -0.15) is 0 Å². The van der Waals surface area contributed by atoms with Crippen molar-refractivity contribution < 1.29 is 4.74 Å². The van der Waals surface area contributed by atoms with Crippen molar-refractivity contribution in [3.63, 3.8) is 0 Å². The predicted octanol–water partition coefficient (Wildman–Crippen LogP) is 4.11. The summed E-state index contributed by atoms with van der Waals surface area (Å²) < 4.78 is 5.91. The Balaban J connectivity index is 1.95. The van der Waals surface area contributed by atoms with Crippen LogP contribution < -0.4 is 10.1 Å². The van der Waals surface area contributed by atoms with Crippen LogP contribution >= 0.6 is 0 Å². The number of hydrogen-bond donors (Lipinski definition) is 1. The molecule has 112 valence electrons. The summed E-state index contributed by atoms with van der Waals surface area (Å²) in [6.07, 6.45) is 8.42. The van der Waals surface area contributed by atoms with Gasteiger partial charge in [-0.25, -0.2) is 0 Å². The van der Waals surface area contributed by atoms with Gasteiger partial charge in [-0.3, -0.25) is 0 Å². The minimum atomic E-state index is 0.652. The van der Waals surface area contributed by atoms with Crippen LogP contribution in [0.1, 0.15) is 57.1 Å². The fourth-order valence-electron chi connectivity index (χ4n) is 3.03. The van der Waals surface area contributed by atoms with Crippen molar-refractivity contribution in [3.8, 4) is 5.75 Å². The van der Waals surface area contributed by atoms with Crippen molar-refractivity contribution in [1.82, 2.24) is 5.32 Å². The van der Waals surface area contributed by atoms with Gasteiger partial charge in [0.1, 0.15) is 5.75 Å². The average molecular weight is 275 g/mol. The molecule has 1 aliphatic rings. The number of rotatable bonds is 8. The molecule has 0 aromatic heterocycles. The molecule has 20 heavy (non-hydrogen) atoms. The van der Waals surface area contributed by atoms with E-state index < -0.39 is 0 Å². The molecule has 1 aromatic rings. The zero-order valence-electron chi connectivity index (χ0n) is 13.1. The summed E-state index contributed by atoms with van der Waals surface area (Å²) in [7, 11) is 0. The van der Waals surface area contributed by atoms with Crippen molar-refractivity contribution >= 4 is 0 Å². The molecule has 0 spiro atoms. The zero-order chi connectivity index (χ0) is 14.2. The molecule has 1 N–H and O–H groups in total. The minimum absolute atomic E-state index is 0.652. The highest BCUT2D eigenvalue weighted by Crippen LogP contribution is 2.30. The zero-order valence-corrected chi connectivity index (χ0v) is 13.1. The van der Waals surface area contributed by atoms with E-state index >= 15 is 0 Å². The second-order valence-corrected chi connectivity index (χ2v) is 5.84. The minimum Gasteiger partial charge on any atom is -0.493 e. The highest BCUT2D eigenvalue weighted by atomic mass is 16.5. The largest absolute Gasteiger partial charge is 0.493 e. The molecule has 1 atom stereocenters. The van der Waals surface area contributed by atoms with Gasteiger partial charge in [-0.1, -0.05) is 38.5 Å². The molecule has 2 rings (SSSR count). The number of ether oxygens (including phenoxy) is 1. The summed E-state index contributed by atoms with van der Waals surface area (Å²) in [6, 6.07) is 7.31. The van der Waals surface area contributed by atoms with E-state index in [4.69, 9.17) is 4.74 Å². The highest BCUT2D eigenvalue weighted by molar-refractivity contribution is 5.42. The molecular weight excluding hydrogens is 246 g/mol. The smallest absolute Gasteiger partial charge is 0.125 e. The van der Waals surface area contributed by atoms with Crippen molar-refractivity contribution in [2.45, 2.75) is 64.8 Å². The molecule has 1 unspecified atom stereocenters. The predicted molar refractivity (Wildman–Crippen MR) is 85.6 cm³/mol. The van der Waals surface area contributed by atoms with Crippen LogP contribution in [0.4, 0.5) is 0 Å². The SMILES string of the molecule is CCCNC(CCC)CCc1cccc2c1OCCC2. The van der Waals surface area contributed by atoms with E-state index in [1.807, 2.05) is 0 Å². The van der Waals surface area contributed by atoms with Gasteiger partial charge in [0.05, 0.1) is 6.61 Å². The standard InChI is InChI=1S/C18H29NO/c1-3-7-17(19-13-4-2)12-11-16-9-5-8-15-10-6-14-20-18(15)16/h5,8-9,17,19H,3-4,6-7,10-14H2,1-2H3. The number of aryl methyl sites for hydroxylation is 2. The molecule has 0 bridgehead atoms. The van der Waals surface area contributed by atoms with Gasteiger partial charge in [0.2, 0.25) is 0 Å². The van der Waals surface area contributed by atoms with Gasteiger partial charge < -0.3 is 10.1 Å². The van der Waals surface area contributed by atoms with Crippen LogP contribution in [-0.2, 0) is 12.8 Å². The van der Waals surface area contributed by atoms with Crippen LogP contribution in [0.5, 0.6) is 5.75 Å². The number of benzene rings is 1. The Bertz CT molecular complexity index is 402. The first-order valence-corrected chi connectivity index (χ1v) is 8.32. The van der Waals surface area contributed by atoms with Crippen LogP contribution in [0, 0.1) is 0 Å². The van der Waals surface area contributed by atoms with Crippen molar-refractivity contribution in [3.05, 3.63) is 29.3 Å². The molecule has 0 amide bonds. The van der Waals surface area contributed by atoms with Crippen LogP contribution in [0.25, 0.3) is 0 Å². The van der Waals surface area contributed by atoms with Crippen LogP contribution in [0.3, 0.4) is 0 Å². The second kappa shape index (κ2) is 8.31.